The first kappa shape index (κ1) is 14.3. The van der Waals surface area contributed by atoms with Gasteiger partial charge in [0.15, 0.2) is 0 Å². The van der Waals surface area contributed by atoms with Crippen LogP contribution in [0, 0.1) is 5.92 Å². The van der Waals surface area contributed by atoms with Crippen LogP contribution in [0.2, 0.25) is 0 Å². The van der Waals surface area contributed by atoms with Crippen molar-refractivity contribution < 1.29 is 4.79 Å². The van der Waals surface area contributed by atoms with Crippen LogP contribution in [-0.4, -0.2) is 36.5 Å². The van der Waals surface area contributed by atoms with Crippen LogP contribution < -0.4 is 5.32 Å². The van der Waals surface area contributed by atoms with Crippen LogP contribution in [0.4, 0.5) is 0 Å². The minimum atomic E-state index is 0.193. The van der Waals surface area contributed by atoms with Gasteiger partial charge in [-0.15, -0.1) is 6.58 Å². The number of rotatable bonds is 5. The van der Waals surface area contributed by atoms with Crippen LogP contribution in [0.5, 0.6) is 0 Å². The van der Waals surface area contributed by atoms with Crippen molar-refractivity contribution in [3.63, 3.8) is 0 Å². The van der Waals surface area contributed by atoms with E-state index in [9.17, 15) is 4.79 Å². The number of nitrogens with one attached hydrogen (secondary N) is 1. The standard InChI is InChI=1S/C18H24N2O/c1-2-10-20-11-8-15(9-12-20)19-18(21)17-13-16(17)14-6-4-3-5-7-14/h2-7,15-17H,1,8-13H2,(H,19,21)/t16-,17-/m1/s1. The Morgan fingerprint density at radius 1 is 1.29 bits per heavy atom. The van der Waals surface area contributed by atoms with Gasteiger partial charge in [-0.25, -0.2) is 0 Å². The Balaban J connectivity index is 1.45. The summed E-state index contributed by atoms with van der Waals surface area (Å²) in [7, 11) is 0. The van der Waals surface area contributed by atoms with Gasteiger partial charge >= 0.3 is 0 Å². The summed E-state index contributed by atoms with van der Waals surface area (Å²) in [6.07, 6.45) is 5.07. The van der Waals surface area contributed by atoms with E-state index < -0.39 is 0 Å². The van der Waals surface area contributed by atoms with E-state index in [0.29, 0.717) is 12.0 Å². The van der Waals surface area contributed by atoms with Crippen molar-refractivity contribution >= 4 is 5.91 Å². The van der Waals surface area contributed by atoms with Crippen molar-refractivity contribution in [2.75, 3.05) is 19.6 Å². The Morgan fingerprint density at radius 3 is 2.67 bits per heavy atom. The zero-order valence-corrected chi connectivity index (χ0v) is 12.5. The van der Waals surface area contributed by atoms with Gasteiger partial charge in [0.05, 0.1) is 0 Å². The molecule has 0 spiro atoms. The van der Waals surface area contributed by atoms with Crippen LogP contribution in [0.25, 0.3) is 0 Å². The molecular formula is C18H24N2O. The first-order valence-corrected chi connectivity index (χ1v) is 7.96. The highest BCUT2D eigenvalue weighted by Gasteiger charge is 2.44. The molecule has 1 N–H and O–H groups in total. The Morgan fingerprint density at radius 2 is 2.00 bits per heavy atom. The van der Waals surface area contributed by atoms with Crippen molar-refractivity contribution in [1.29, 1.82) is 0 Å². The predicted octanol–water partition coefficient (Wildman–Crippen LogP) is 2.56. The molecule has 112 valence electrons. The molecule has 1 aliphatic heterocycles. The molecule has 2 atom stereocenters. The summed E-state index contributed by atoms with van der Waals surface area (Å²) in [5.41, 5.74) is 1.30. The fourth-order valence-electron chi connectivity index (χ4n) is 3.30. The summed E-state index contributed by atoms with van der Waals surface area (Å²) < 4.78 is 0. The number of carbonyl (C=O) groups excluding carboxylic acids is 1. The molecule has 1 aromatic carbocycles. The first-order valence-electron chi connectivity index (χ1n) is 7.96. The van der Waals surface area contributed by atoms with E-state index in [-0.39, 0.29) is 11.8 Å². The van der Waals surface area contributed by atoms with Crippen LogP contribution in [0.15, 0.2) is 43.0 Å². The van der Waals surface area contributed by atoms with Crippen LogP contribution >= 0.6 is 0 Å². The summed E-state index contributed by atoms with van der Waals surface area (Å²) in [5, 5.41) is 3.25. The highest BCUT2D eigenvalue weighted by Crippen LogP contribution is 2.47. The molecule has 1 heterocycles. The average molecular weight is 284 g/mol. The molecule has 0 bridgehead atoms. The molecule has 1 saturated carbocycles. The molecule has 3 nitrogen and oxygen atoms in total. The zero-order valence-electron chi connectivity index (χ0n) is 12.5. The number of hydrogen-bond donors (Lipinski definition) is 1. The quantitative estimate of drug-likeness (QED) is 0.843. The fourth-order valence-corrected chi connectivity index (χ4v) is 3.30. The van der Waals surface area contributed by atoms with Crippen LogP contribution in [0.1, 0.15) is 30.7 Å². The van der Waals surface area contributed by atoms with Crippen molar-refractivity contribution in [2.24, 2.45) is 5.92 Å². The third kappa shape index (κ3) is 3.53. The molecule has 0 aromatic heterocycles. The molecule has 0 radical (unpaired) electrons. The fraction of sp³-hybridized carbons (Fsp3) is 0.500. The maximum atomic E-state index is 12.3. The molecule has 1 aromatic rings. The third-order valence-electron chi connectivity index (χ3n) is 4.68. The van der Waals surface area contributed by atoms with Crippen molar-refractivity contribution in [1.82, 2.24) is 10.2 Å². The average Bonchev–Trinajstić information content (AvgIpc) is 3.31. The maximum absolute atomic E-state index is 12.3. The van der Waals surface area contributed by atoms with E-state index in [1.807, 2.05) is 12.1 Å². The Bertz CT molecular complexity index is 491. The van der Waals surface area contributed by atoms with E-state index >= 15 is 0 Å². The molecule has 2 fully saturated rings. The molecule has 1 amide bonds. The van der Waals surface area contributed by atoms with E-state index in [4.69, 9.17) is 0 Å². The van der Waals surface area contributed by atoms with Gasteiger partial charge in [0.2, 0.25) is 5.91 Å². The second-order valence-electron chi connectivity index (χ2n) is 6.23. The number of benzene rings is 1. The molecule has 1 saturated heterocycles. The molecule has 3 rings (SSSR count). The van der Waals surface area contributed by atoms with E-state index in [2.05, 4.69) is 41.1 Å². The van der Waals surface area contributed by atoms with Gasteiger partial charge in [-0.05, 0) is 30.7 Å². The molecule has 3 heteroatoms. The first-order chi connectivity index (χ1) is 10.3. The number of likely N-dealkylation sites (tertiary alicyclic amines) is 1. The predicted molar refractivity (Wildman–Crippen MR) is 85.1 cm³/mol. The smallest absolute Gasteiger partial charge is 0.223 e. The van der Waals surface area contributed by atoms with Crippen LogP contribution in [-0.2, 0) is 4.79 Å². The van der Waals surface area contributed by atoms with Crippen LogP contribution in [0.3, 0.4) is 0 Å². The largest absolute Gasteiger partial charge is 0.353 e. The normalized spacial score (nSPS) is 26.3. The molecule has 0 unspecified atom stereocenters. The lowest BCUT2D eigenvalue weighted by Crippen LogP contribution is -2.45. The maximum Gasteiger partial charge on any atom is 0.223 e. The van der Waals surface area contributed by atoms with Crippen molar-refractivity contribution in [3.8, 4) is 0 Å². The van der Waals surface area contributed by atoms with Gasteiger partial charge in [0.1, 0.15) is 0 Å². The second kappa shape index (κ2) is 6.44. The number of nitrogens with zero attached hydrogens (tertiary/aromatic N) is 1. The molecular weight excluding hydrogens is 260 g/mol. The zero-order chi connectivity index (χ0) is 14.7. The van der Waals surface area contributed by atoms with Crippen molar-refractivity contribution in [2.45, 2.75) is 31.2 Å². The van der Waals surface area contributed by atoms with E-state index in [1.165, 1.54) is 5.56 Å². The summed E-state index contributed by atoms with van der Waals surface area (Å²) in [6.45, 7) is 6.86. The molecule has 1 aliphatic carbocycles. The number of carbonyl (C=O) groups is 1. The lowest BCUT2D eigenvalue weighted by Gasteiger charge is -2.31. The SMILES string of the molecule is C=CCN1CCC(NC(=O)[C@@H]2C[C@@H]2c2ccccc2)CC1. The summed E-state index contributed by atoms with van der Waals surface area (Å²) in [5.74, 6) is 0.886. The topological polar surface area (TPSA) is 32.3 Å². The lowest BCUT2D eigenvalue weighted by molar-refractivity contribution is -0.123. The monoisotopic (exact) mass is 284 g/mol. The highest BCUT2D eigenvalue weighted by molar-refractivity contribution is 5.83. The minimum absolute atomic E-state index is 0.193. The Hall–Kier alpha value is -1.61. The third-order valence-corrected chi connectivity index (χ3v) is 4.68. The number of piperidine rings is 1. The number of amides is 1. The summed E-state index contributed by atoms with van der Waals surface area (Å²) in [4.78, 5) is 14.7. The van der Waals surface area contributed by atoms with E-state index in [0.717, 1.165) is 38.9 Å². The van der Waals surface area contributed by atoms with Gasteiger partial charge in [-0.3, -0.25) is 9.69 Å². The van der Waals surface area contributed by atoms with Gasteiger partial charge in [0, 0.05) is 31.6 Å². The Kier molecular flexibility index (Phi) is 4.39. The van der Waals surface area contributed by atoms with Gasteiger partial charge in [0.25, 0.3) is 0 Å². The molecule has 21 heavy (non-hydrogen) atoms. The van der Waals surface area contributed by atoms with Gasteiger partial charge < -0.3 is 5.32 Å². The van der Waals surface area contributed by atoms with Crippen molar-refractivity contribution in [3.05, 3.63) is 48.6 Å². The summed E-state index contributed by atoms with van der Waals surface area (Å²) >= 11 is 0. The second-order valence-corrected chi connectivity index (χ2v) is 6.23. The lowest BCUT2D eigenvalue weighted by atomic mass is 10.0. The van der Waals surface area contributed by atoms with E-state index in [1.54, 1.807) is 0 Å². The molecule has 2 aliphatic rings. The van der Waals surface area contributed by atoms with Gasteiger partial charge in [-0.1, -0.05) is 36.4 Å². The van der Waals surface area contributed by atoms with Gasteiger partial charge in [-0.2, -0.15) is 0 Å². The minimum Gasteiger partial charge on any atom is -0.353 e. The highest BCUT2D eigenvalue weighted by atomic mass is 16.2. The number of hydrogen-bond acceptors (Lipinski definition) is 2. The summed E-state index contributed by atoms with van der Waals surface area (Å²) in [6, 6.07) is 10.8. The Labute approximate surface area is 127 Å².